The summed E-state index contributed by atoms with van der Waals surface area (Å²) in [7, 11) is 0. The molecule has 0 unspecified atom stereocenters. The normalized spacial score (nSPS) is 11.2. The third-order valence-corrected chi connectivity index (χ3v) is 4.67. The maximum absolute atomic E-state index is 12.1. The molecule has 1 N–H and O–H groups in total. The molecule has 6 nitrogen and oxygen atoms in total. The highest BCUT2D eigenvalue weighted by molar-refractivity contribution is 5.92. The minimum Gasteiger partial charge on any atom is -0.372 e. The summed E-state index contributed by atoms with van der Waals surface area (Å²) in [5.41, 5.74) is 3.51. The summed E-state index contributed by atoms with van der Waals surface area (Å²) in [6.45, 7) is 12.5. The quantitative estimate of drug-likeness (QED) is 0.573. The van der Waals surface area contributed by atoms with Gasteiger partial charge in [-0.3, -0.25) is 9.69 Å². The fraction of sp³-hybridized carbons (Fsp3) is 0.409. The number of carbonyl (C=O) groups excluding carboxylic acids is 1. The largest absolute Gasteiger partial charge is 0.372 e. The fourth-order valence-electron chi connectivity index (χ4n) is 2.90. The van der Waals surface area contributed by atoms with Crippen LogP contribution in [-0.2, 0) is 4.79 Å². The van der Waals surface area contributed by atoms with E-state index in [4.69, 9.17) is 0 Å². The minimum atomic E-state index is -0.00799. The molecule has 0 heterocycles. The molecule has 0 bridgehead atoms. The van der Waals surface area contributed by atoms with Crippen molar-refractivity contribution in [3.8, 4) is 0 Å². The Labute approximate surface area is 168 Å². The van der Waals surface area contributed by atoms with E-state index in [1.54, 1.807) is 0 Å². The van der Waals surface area contributed by atoms with Crippen molar-refractivity contribution in [1.82, 2.24) is 4.90 Å². The van der Waals surface area contributed by atoms with Crippen LogP contribution in [0, 0.1) is 0 Å². The minimum absolute atomic E-state index is 0.00799. The summed E-state index contributed by atoms with van der Waals surface area (Å²) >= 11 is 0. The Morgan fingerprint density at radius 3 is 1.75 bits per heavy atom. The highest BCUT2D eigenvalue weighted by Crippen LogP contribution is 2.23. The number of nitrogens with one attached hydrogen (secondary N) is 1. The molecule has 0 saturated carbocycles. The van der Waals surface area contributed by atoms with E-state index in [2.05, 4.69) is 51.3 Å². The molecule has 0 fully saturated rings. The molecule has 0 radical (unpaired) electrons. The van der Waals surface area contributed by atoms with Gasteiger partial charge in [-0.2, -0.15) is 10.2 Å². The van der Waals surface area contributed by atoms with Gasteiger partial charge in [0.15, 0.2) is 0 Å². The summed E-state index contributed by atoms with van der Waals surface area (Å²) in [5.74, 6) is -0.00799. The molecular weight excluding hydrogens is 350 g/mol. The van der Waals surface area contributed by atoms with Crippen LogP contribution in [0.5, 0.6) is 0 Å². The number of nitrogens with zero attached hydrogens (tertiary/aromatic N) is 4. The third kappa shape index (κ3) is 6.46. The first-order chi connectivity index (χ1) is 13.6. The van der Waals surface area contributed by atoms with Crippen LogP contribution in [0.25, 0.3) is 0 Å². The fourth-order valence-corrected chi connectivity index (χ4v) is 2.90. The molecule has 0 aliphatic carbocycles. The number of hydrogen-bond donors (Lipinski definition) is 1. The monoisotopic (exact) mass is 381 g/mol. The third-order valence-electron chi connectivity index (χ3n) is 4.67. The van der Waals surface area contributed by atoms with Gasteiger partial charge in [0.25, 0.3) is 0 Å². The zero-order valence-electron chi connectivity index (χ0n) is 17.4. The second-order valence-corrected chi connectivity index (χ2v) is 6.45. The SMILES string of the molecule is CCN(CC)CC(=O)Nc1ccc(N=Nc2ccc(N(CC)CC)cc2)cc1. The number of hydrogen-bond acceptors (Lipinski definition) is 5. The lowest BCUT2D eigenvalue weighted by atomic mass is 10.2. The molecule has 6 heteroatoms. The Morgan fingerprint density at radius 2 is 1.29 bits per heavy atom. The van der Waals surface area contributed by atoms with E-state index in [-0.39, 0.29) is 5.91 Å². The van der Waals surface area contributed by atoms with Crippen LogP contribution in [-0.4, -0.2) is 43.5 Å². The van der Waals surface area contributed by atoms with Crippen molar-refractivity contribution in [3.05, 3.63) is 48.5 Å². The van der Waals surface area contributed by atoms with E-state index < -0.39 is 0 Å². The maximum atomic E-state index is 12.1. The Hall–Kier alpha value is -2.73. The number of carbonyl (C=O) groups is 1. The van der Waals surface area contributed by atoms with Crippen molar-refractivity contribution < 1.29 is 4.79 Å². The van der Waals surface area contributed by atoms with Crippen molar-refractivity contribution in [2.75, 3.05) is 42.9 Å². The van der Waals surface area contributed by atoms with Gasteiger partial charge in [-0.05, 0) is 75.5 Å². The van der Waals surface area contributed by atoms with Crippen molar-refractivity contribution in [3.63, 3.8) is 0 Å². The first-order valence-corrected chi connectivity index (χ1v) is 9.98. The van der Waals surface area contributed by atoms with Gasteiger partial charge >= 0.3 is 0 Å². The molecule has 0 aliphatic rings. The number of benzene rings is 2. The molecule has 0 aliphatic heterocycles. The standard InChI is InChI=1S/C22H31N5O/c1-5-26(6-2)17-22(28)23-18-9-11-19(12-10-18)24-25-20-13-15-21(16-14-20)27(7-3)8-4/h9-16H,5-8,17H2,1-4H3,(H,23,28). The number of amides is 1. The summed E-state index contributed by atoms with van der Waals surface area (Å²) < 4.78 is 0. The smallest absolute Gasteiger partial charge is 0.238 e. The summed E-state index contributed by atoms with van der Waals surface area (Å²) in [6, 6.07) is 15.5. The number of rotatable bonds is 10. The molecule has 28 heavy (non-hydrogen) atoms. The van der Waals surface area contributed by atoms with E-state index in [9.17, 15) is 4.79 Å². The first-order valence-electron chi connectivity index (χ1n) is 9.98. The van der Waals surface area contributed by atoms with Gasteiger partial charge in [0, 0.05) is 24.5 Å². The van der Waals surface area contributed by atoms with Crippen molar-refractivity contribution in [2.24, 2.45) is 10.2 Å². The molecule has 0 atom stereocenters. The Morgan fingerprint density at radius 1 is 0.786 bits per heavy atom. The van der Waals surface area contributed by atoms with Gasteiger partial charge in [0.1, 0.15) is 0 Å². The average Bonchev–Trinajstić information content (AvgIpc) is 2.73. The van der Waals surface area contributed by atoms with Crippen LogP contribution >= 0.6 is 0 Å². The zero-order valence-corrected chi connectivity index (χ0v) is 17.4. The van der Waals surface area contributed by atoms with E-state index in [0.717, 1.165) is 43.2 Å². The van der Waals surface area contributed by atoms with Gasteiger partial charge in [0.05, 0.1) is 17.9 Å². The molecule has 2 rings (SSSR count). The lowest BCUT2D eigenvalue weighted by Crippen LogP contribution is -2.32. The van der Waals surface area contributed by atoms with E-state index >= 15 is 0 Å². The molecule has 0 aromatic heterocycles. The molecule has 1 amide bonds. The van der Waals surface area contributed by atoms with Gasteiger partial charge in [-0.25, -0.2) is 0 Å². The molecule has 0 saturated heterocycles. The molecule has 2 aromatic carbocycles. The van der Waals surface area contributed by atoms with Gasteiger partial charge in [-0.1, -0.05) is 13.8 Å². The molecule has 150 valence electrons. The van der Waals surface area contributed by atoms with Crippen LogP contribution in [0.1, 0.15) is 27.7 Å². The van der Waals surface area contributed by atoms with Crippen molar-refractivity contribution in [1.29, 1.82) is 0 Å². The predicted molar refractivity (Wildman–Crippen MR) is 117 cm³/mol. The van der Waals surface area contributed by atoms with Crippen molar-refractivity contribution in [2.45, 2.75) is 27.7 Å². The Balaban J connectivity index is 1.93. The number of anilines is 2. The van der Waals surface area contributed by atoms with Gasteiger partial charge in [0.2, 0.25) is 5.91 Å². The molecular formula is C22H31N5O. The second-order valence-electron chi connectivity index (χ2n) is 6.45. The highest BCUT2D eigenvalue weighted by Gasteiger charge is 2.07. The molecule has 2 aromatic rings. The average molecular weight is 382 g/mol. The maximum Gasteiger partial charge on any atom is 0.238 e. The summed E-state index contributed by atoms with van der Waals surface area (Å²) in [4.78, 5) is 16.4. The van der Waals surface area contributed by atoms with E-state index in [1.165, 1.54) is 5.69 Å². The summed E-state index contributed by atoms with van der Waals surface area (Å²) in [5, 5.41) is 11.5. The van der Waals surface area contributed by atoms with Crippen LogP contribution < -0.4 is 10.2 Å². The number of likely N-dealkylation sites (N-methyl/N-ethyl adjacent to an activating group) is 1. The topological polar surface area (TPSA) is 60.3 Å². The Bertz CT molecular complexity index is 748. The van der Waals surface area contributed by atoms with E-state index in [0.29, 0.717) is 6.54 Å². The van der Waals surface area contributed by atoms with Crippen LogP contribution in [0.2, 0.25) is 0 Å². The van der Waals surface area contributed by atoms with Crippen LogP contribution in [0.4, 0.5) is 22.7 Å². The zero-order chi connectivity index (χ0) is 20.4. The van der Waals surface area contributed by atoms with E-state index in [1.807, 2.05) is 50.2 Å². The van der Waals surface area contributed by atoms with Gasteiger partial charge < -0.3 is 10.2 Å². The highest BCUT2D eigenvalue weighted by atomic mass is 16.2. The number of azo groups is 1. The second kappa shape index (κ2) is 11.2. The molecule has 0 spiro atoms. The lowest BCUT2D eigenvalue weighted by molar-refractivity contribution is -0.117. The van der Waals surface area contributed by atoms with Crippen molar-refractivity contribution >= 4 is 28.7 Å². The predicted octanol–water partition coefficient (Wildman–Crippen LogP) is 5.23. The van der Waals surface area contributed by atoms with Crippen LogP contribution in [0.3, 0.4) is 0 Å². The lowest BCUT2D eigenvalue weighted by Gasteiger charge is -2.20. The Kier molecular flexibility index (Phi) is 8.62. The van der Waals surface area contributed by atoms with Crippen LogP contribution in [0.15, 0.2) is 58.8 Å². The summed E-state index contributed by atoms with van der Waals surface area (Å²) in [6.07, 6.45) is 0. The first kappa shape index (κ1) is 21.6. The van der Waals surface area contributed by atoms with Gasteiger partial charge in [-0.15, -0.1) is 0 Å².